The van der Waals surface area contributed by atoms with Crippen LogP contribution in [0.3, 0.4) is 0 Å². The first-order valence-corrected chi connectivity index (χ1v) is 11.6. The Bertz CT molecular complexity index is 1010. The van der Waals surface area contributed by atoms with Crippen LogP contribution < -0.4 is 5.32 Å². The van der Waals surface area contributed by atoms with Gasteiger partial charge in [-0.25, -0.2) is 4.99 Å². The summed E-state index contributed by atoms with van der Waals surface area (Å²) in [6.45, 7) is 0. The predicted octanol–water partition coefficient (Wildman–Crippen LogP) is 7.17. The minimum absolute atomic E-state index is 0.0581. The summed E-state index contributed by atoms with van der Waals surface area (Å²) in [6, 6.07) is 17.7. The Morgan fingerprint density at radius 3 is 2.45 bits per heavy atom. The number of hydrogen-bond donors (Lipinski definition) is 1. The summed E-state index contributed by atoms with van der Waals surface area (Å²) in [4.78, 5) is 19.3. The van der Waals surface area contributed by atoms with Gasteiger partial charge in [-0.3, -0.25) is 4.79 Å². The number of amides is 1. The summed E-state index contributed by atoms with van der Waals surface area (Å²) in [5.74, 6) is -0.0581. The van der Waals surface area contributed by atoms with Crippen molar-refractivity contribution in [1.82, 2.24) is 0 Å². The van der Waals surface area contributed by atoms with Gasteiger partial charge in [0.2, 0.25) is 0 Å². The van der Waals surface area contributed by atoms with Gasteiger partial charge >= 0.3 is 0 Å². The fourth-order valence-corrected chi connectivity index (χ4v) is 5.12. The first-order valence-electron chi connectivity index (χ1n) is 10.0. The van der Waals surface area contributed by atoms with Crippen molar-refractivity contribution >= 4 is 50.1 Å². The van der Waals surface area contributed by atoms with Crippen LogP contribution in [-0.4, -0.2) is 12.1 Å². The van der Waals surface area contributed by atoms with E-state index in [1.165, 1.54) is 29.7 Å². The molecule has 0 radical (unpaired) electrons. The number of fused-ring (bicyclic) bond motifs is 1. The maximum absolute atomic E-state index is 13.2. The van der Waals surface area contributed by atoms with E-state index >= 15 is 0 Å². The number of aliphatic imine (C=N–C) groups is 1. The largest absolute Gasteiger partial charge is 0.322 e. The number of para-hydroxylation sites is 1. The number of nitrogens with one attached hydrogen (secondary N) is 1. The smallest absolute Gasteiger partial charge is 0.259 e. The van der Waals surface area contributed by atoms with Gasteiger partial charge in [0.25, 0.3) is 5.91 Å². The van der Waals surface area contributed by atoms with Gasteiger partial charge in [0, 0.05) is 21.3 Å². The molecule has 0 fully saturated rings. The van der Waals surface area contributed by atoms with Crippen LogP contribution in [-0.2, 0) is 12.8 Å². The van der Waals surface area contributed by atoms with Gasteiger partial charge < -0.3 is 5.32 Å². The van der Waals surface area contributed by atoms with Crippen molar-refractivity contribution in [3.05, 3.63) is 80.6 Å². The van der Waals surface area contributed by atoms with Gasteiger partial charge in [-0.1, -0.05) is 59.1 Å². The molecule has 1 amide bonds. The number of carbonyl (C=O) groups excluding carboxylic acids is 1. The Kier molecular flexibility index (Phi) is 6.57. The summed E-state index contributed by atoms with van der Waals surface area (Å²) in [6.07, 6.45) is 8.66. The molecule has 1 heterocycles. The Morgan fingerprint density at radius 1 is 0.966 bits per heavy atom. The van der Waals surface area contributed by atoms with Crippen LogP contribution in [0.1, 0.15) is 52.0 Å². The van der Waals surface area contributed by atoms with E-state index in [2.05, 4.69) is 21.2 Å². The molecule has 5 heteroatoms. The zero-order valence-electron chi connectivity index (χ0n) is 16.2. The summed E-state index contributed by atoms with van der Waals surface area (Å²) < 4.78 is 1.04. The number of carbonyl (C=O) groups is 1. The number of thiophene rings is 1. The highest BCUT2D eigenvalue weighted by molar-refractivity contribution is 9.10. The van der Waals surface area contributed by atoms with E-state index in [-0.39, 0.29) is 5.91 Å². The van der Waals surface area contributed by atoms with Crippen LogP contribution in [0.15, 0.2) is 64.1 Å². The monoisotopic (exact) mass is 466 g/mol. The van der Waals surface area contributed by atoms with Gasteiger partial charge in [-0.05, 0) is 61.1 Å². The fourth-order valence-electron chi connectivity index (χ4n) is 3.63. The van der Waals surface area contributed by atoms with Crippen molar-refractivity contribution in [3.8, 4) is 0 Å². The highest BCUT2D eigenvalue weighted by Crippen LogP contribution is 2.39. The summed E-state index contributed by atoms with van der Waals surface area (Å²) in [7, 11) is 0. The Balaban J connectivity index is 1.70. The molecule has 3 nitrogen and oxygen atoms in total. The molecule has 1 aliphatic carbocycles. The zero-order valence-corrected chi connectivity index (χ0v) is 18.6. The summed E-state index contributed by atoms with van der Waals surface area (Å²) in [5.41, 5.74) is 3.78. The molecular formula is C24H23BrN2OS. The topological polar surface area (TPSA) is 41.5 Å². The molecule has 0 spiro atoms. The highest BCUT2D eigenvalue weighted by atomic mass is 79.9. The van der Waals surface area contributed by atoms with Crippen LogP contribution in [0.2, 0.25) is 0 Å². The minimum atomic E-state index is -0.0581. The van der Waals surface area contributed by atoms with Crippen LogP contribution in [0.4, 0.5) is 10.7 Å². The molecule has 0 atom stereocenters. The second-order valence-corrected chi connectivity index (χ2v) is 9.23. The molecule has 0 saturated heterocycles. The average Bonchev–Trinajstić information content (AvgIpc) is 3.05. The van der Waals surface area contributed by atoms with Gasteiger partial charge in [0.15, 0.2) is 0 Å². The maximum Gasteiger partial charge on any atom is 0.259 e. The highest BCUT2D eigenvalue weighted by Gasteiger charge is 2.24. The second-order valence-electron chi connectivity index (χ2n) is 7.23. The average molecular weight is 467 g/mol. The SMILES string of the molecule is O=C(Nc1ccccc1)c1c(N=Cc2ccc(Br)cc2)sc2c1CCCCCC2. The maximum atomic E-state index is 13.2. The molecule has 0 unspecified atom stereocenters. The lowest BCUT2D eigenvalue weighted by Crippen LogP contribution is -2.14. The Morgan fingerprint density at radius 2 is 1.69 bits per heavy atom. The van der Waals surface area contributed by atoms with Crippen molar-refractivity contribution < 1.29 is 4.79 Å². The van der Waals surface area contributed by atoms with E-state index in [0.29, 0.717) is 0 Å². The Hall–Kier alpha value is -2.24. The number of anilines is 1. The number of nitrogens with zero attached hydrogens (tertiary/aromatic N) is 1. The third-order valence-corrected chi connectivity index (χ3v) is 6.84. The third kappa shape index (κ3) is 5.03. The zero-order chi connectivity index (χ0) is 20.1. The molecule has 1 aliphatic rings. The number of halogens is 1. The minimum Gasteiger partial charge on any atom is -0.322 e. The van der Waals surface area contributed by atoms with Gasteiger partial charge in [0.05, 0.1) is 5.56 Å². The van der Waals surface area contributed by atoms with Crippen molar-refractivity contribution in [2.24, 2.45) is 4.99 Å². The molecular weight excluding hydrogens is 444 g/mol. The van der Waals surface area contributed by atoms with Gasteiger partial charge in [-0.15, -0.1) is 11.3 Å². The molecule has 0 saturated carbocycles. The second kappa shape index (κ2) is 9.51. The van der Waals surface area contributed by atoms with Crippen molar-refractivity contribution in [3.63, 3.8) is 0 Å². The first-order chi connectivity index (χ1) is 14.2. The molecule has 2 aromatic carbocycles. The van der Waals surface area contributed by atoms with Gasteiger partial charge in [0.1, 0.15) is 5.00 Å². The lowest BCUT2D eigenvalue weighted by Gasteiger charge is -2.12. The molecule has 29 heavy (non-hydrogen) atoms. The number of aryl methyl sites for hydroxylation is 1. The molecule has 4 rings (SSSR count). The van der Waals surface area contributed by atoms with Crippen LogP contribution in [0.5, 0.6) is 0 Å². The third-order valence-electron chi connectivity index (χ3n) is 5.11. The number of benzene rings is 2. The van der Waals surface area contributed by atoms with Crippen LogP contribution >= 0.6 is 27.3 Å². The van der Waals surface area contributed by atoms with Gasteiger partial charge in [-0.2, -0.15) is 0 Å². The molecule has 0 aliphatic heterocycles. The molecule has 1 N–H and O–H groups in total. The van der Waals surface area contributed by atoms with E-state index < -0.39 is 0 Å². The van der Waals surface area contributed by atoms with E-state index in [4.69, 9.17) is 4.99 Å². The number of rotatable bonds is 4. The van der Waals surface area contributed by atoms with E-state index in [1.54, 1.807) is 11.3 Å². The van der Waals surface area contributed by atoms with E-state index in [9.17, 15) is 4.79 Å². The van der Waals surface area contributed by atoms with Crippen LogP contribution in [0.25, 0.3) is 0 Å². The van der Waals surface area contributed by atoms with Crippen LogP contribution in [0, 0.1) is 0 Å². The standard InChI is InChI=1S/C24H23BrN2OS/c25-18-14-12-17(13-15-18)16-26-24-22(23(28)27-19-8-4-3-5-9-19)20-10-6-1-2-7-11-21(20)29-24/h3-5,8-9,12-16H,1-2,6-7,10-11H2,(H,27,28). The van der Waals surface area contributed by atoms with E-state index in [0.717, 1.165) is 45.6 Å². The lowest BCUT2D eigenvalue weighted by atomic mass is 9.96. The first kappa shape index (κ1) is 20.0. The predicted molar refractivity (Wildman–Crippen MR) is 126 cm³/mol. The molecule has 148 valence electrons. The number of hydrogen-bond acceptors (Lipinski definition) is 3. The fraction of sp³-hybridized carbons (Fsp3) is 0.250. The quantitative estimate of drug-likeness (QED) is 0.406. The molecule has 1 aromatic heterocycles. The normalized spacial score (nSPS) is 14.2. The summed E-state index contributed by atoms with van der Waals surface area (Å²) >= 11 is 5.14. The van der Waals surface area contributed by atoms with Crippen molar-refractivity contribution in [1.29, 1.82) is 0 Å². The molecule has 0 bridgehead atoms. The van der Waals surface area contributed by atoms with E-state index in [1.807, 2.05) is 60.8 Å². The molecule has 3 aromatic rings. The summed E-state index contributed by atoms with van der Waals surface area (Å²) in [5, 5.41) is 3.88. The van der Waals surface area contributed by atoms with Crippen molar-refractivity contribution in [2.45, 2.75) is 38.5 Å². The lowest BCUT2D eigenvalue weighted by molar-refractivity contribution is 0.102. The van der Waals surface area contributed by atoms with Crippen molar-refractivity contribution in [2.75, 3.05) is 5.32 Å². The Labute approximate surface area is 184 Å².